The monoisotopic (exact) mass is 363 g/mol. The number of benzene rings is 1. The molecule has 1 aromatic carbocycles. The van der Waals surface area contributed by atoms with E-state index in [1.807, 2.05) is 4.90 Å². The first-order chi connectivity index (χ1) is 12.4. The molecule has 1 atom stereocenters. The van der Waals surface area contributed by atoms with Crippen molar-refractivity contribution in [1.82, 2.24) is 19.9 Å². The Morgan fingerprint density at radius 2 is 2.08 bits per heavy atom. The number of anilines is 1. The van der Waals surface area contributed by atoms with E-state index in [0.717, 1.165) is 19.4 Å². The minimum absolute atomic E-state index is 0.178. The third-order valence-electron chi connectivity index (χ3n) is 4.18. The summed E-state index contributed by atoms with van der Waals surface area (Å²) < 4.78 is 39.4. The van der Waals surface area contributed by atoms with Crippen molar-refractivity contribution in [2.75, 3.05) is 18.4 Å². The van der Waals surface area contributed by atoms with Crippen molar-refractivity contribution in [3.8, 4) is 18.0 Å². The van der Waals surface area contributed by atoms with Gasteiger partial charge in [0, 0.05) is 5.69 Å². The topological polar surface area (TPSA) is 63.1 Å². The molecule has 0 aliphatic carbocycles. The molecular formula is C17H16F3N5O. The number of terminal acetylenes is 1. The van der Waals surface area contributed by atoms with Gasteiger partial charge in [0.1, 0.15) is 0 Å². The molecule has 26 heavy (non-hydrogen) atoms. The predicted octanol–water partition coefficient (Wildman–Crippen LogP) is 2.32. The molecule has 0 spiro atoms. The van der Waals surface area contributed by atoms with Crippen LogP contribution in [0.1, 0.15) is 18.5 Å². The van der Waals surface area contributed by atoms with Crippen LogP contribution in [0.15, 0.2) is 30.5 Å². The molecule has 0 bridgehead atoms. The van der Waals surface area contributed by atoms with Gasteiger partial charge in [0.05, 0.1) is 24.5 Å². The number of nitrogens with zero attached hydrogens (tertiary/aromatic N) is 4. The summed E-state index contributed by atoms with van der Waals surface area (Å²) in [5.74, 6) is 2.36. The molecule has 2 aromatic rings. The number of aromatic nitrogens is 3. The maximum absolute atomic E-state index is 12.9. The molecule has 1 aliphatic heterocycles. The second kappa shape index (κ2) is 7.17. The molecule has 6 nitrogen and oxygen atoms in total. The molecule has 3 rings (SSSR count). The first-order valence-electron chi connectivity index (χ1n) is 7.97. The molecular weight excluding hydrogens is 347 g/mol. The Hall–Kier alpha value is -2.86. The van der Waals surface area contributed by atoms with Gasteiger partial charge in [0.2, 0.25) is 5.91 Å². The van der Waals surface area contributed by atoms with Crippen molar-refractivity contribution in [1.29, 1.82) is 0 Å². The number of rotatable bonds is 4. The van der Waals surface area contributed by atoms with Crippen LogP contribution in [0.5, 0.6) is 0 Å². The predicted molar refractivity (Wildman–Crippen MR) is 88.4 cm³/mol. The highest BCUT2D eigenvalue weighted by atomic mass is 19.4. The quantitative estimate of drug-likeness (QED) is 0.847. The lowest BCUT2D eigenvalue weighted by atomic mass is 10.2. The molecule has 0 unspecified atom stereocenters. The first-order valence-corrected chi connectivity index (χ1v) is 7.97. The van der Waals surface area contributed by atoms with Crippen LogP contribution in [0.3, 0.4) is 0 Å². The molecule has 1 N–H and O–H groups in total. The molecule has 0 saturated carbocycles. The number of likely N-dealkylation sites (tertiary alicyclic amines) is 1. The molecule has 1 fully saturated rings. The average molecular weight is 363 g/mol. The lowest BCUT2D eigenvalue weighted by Gasteiger charge is -2.21. The third kappa shape index (κ3) is 3.70. The SMILES string of the molecule is C#CCN1CCC[C@H]1C(=O)Nc1ccc(-n2nncc2C(F)(F)F)cc1. The lowest BCUT2D eigenvalue weighted by molar-refractivity contribution is -0.142. The van der Waals surface area contributed by atoms with Gasteiger partial charge in [-0.1, -0.05) is 11.1 Å². The van der Waals surface area contributed by atoms with E-state index in [0.29, 0.717) is 23.1 Å². The molecule has 136 valence electrons. The minimum Gasteiger partial charge on any atom is -0.325 e. The Morgan fingerprint density at radius 1 is 1.35 bits per heavy atom. The van der Waals surface area contributed by atoms with Crippen molar-refractivity contribution < 1.29 is 18.0 Å². The van der Waals surface area contributed by atoms with Gasteiger partial charge in [-0.25, -0.2) is 4.68 Å². The van der Waals surface area contributed by atoms with Crippen molar-refractivity contribution in [2.24, 2.45) is 0 Å². The summed E-state index contributed by atoms with van der Waals surface area (Å²) in [5.41, 5.74) is -0.284. The third-order valence-corrected chi connectivity index (χ3v) is 4.18. The molecule has 0 radical (unpaired) electrons. The van der Waals surface area contributed by atoms with Crippen LogP contribution in [-0.4, -0.2) is 44.9 Å². The summed E-state index contributed by atoms with van der Waals surface area (Å²) in [6.07, 6.45) is 3.03. The van der Waals surface area contributed by atoms with Crippen molar-refractivity contribution in [3.05, 3.63) is 36.2 Å². The van der Waals surface area contributed by atoms with E-state index in [4.69, 9.17) is 6.42 Å². The normalized spacial score (nSPS) is 17.8. The Labute approximate surface area is 148 Å². The van der Waals surface area contributed by atoms with Gasteiger partial charge in [0.25, 0.3) is 0 Å². The number of hydrogen-bond acceptors (Lipinski definition) is 4. The first kappa shape index (κ1) is 17.9. The van der Waals surface area contributed by atoms with E-state index in [1.54, 1.807) is 0 Å². The lowest BCUT2D eigenvalue weighted by Crippen LogP contribution is -2.39. The van der Waals surface area contributed by atoms with Crippen molar-refractivity contribution in [2.45, 2.75) is 25.1 Å². The van der Waals surface area contributed by atoms with Crippen LogP contribution in [0, 0.1) is 12.3 Å². The highest BCUT2D eigenvalue weighted by molar-refractivity contribution is 5.95. The largest absolute Gasteiger partial charge is 0.435 e. The summed E-state index contributed by atoms with van der Waals surface area (Å²) in [6, 6.07) is 5.63. The molecule has 9 heteroatoms. The van der Waals surface area contributed by atoms with Gasteiger partial charge in [-0.15, -0.1) is 11.5 Å². The second-order valence-electron chi connectivity index (χ2n) is 5.90. The number of nitrogens with one attached hydrogen (secondary N) is 1. The van der Waals surface area contributed by atoms with E-state index >= 15 is 0 Å². The van der Waals surface area contributed by atoms with Crippen molar-refractivity contribution in [3.63, 3.8) is 0 Å². The van der Waals surface area contributed by atoms with Crippen LogP contribution in [0.4, 0.5) is 18.9 Å². The fraction of sp³-hybridized carbons (Fsp3) is 0.353. The van der Waals surface area contributed by atoms with Crippen molar-refractivity contribution >= 4 is 11.6 Å². The summed E-state index contributed by atoms with van der Waals surface area (Å²) in [6.45, 7) is 1.18. The number of halogens is 3. The zero-order valence-electron chi connectivity index (χ0n) is 13.7. The summed E-state index contributed by atoms with van der Waals surface area (Å²) in [4.78, 5) is 14.3. The Bertz CT molecular complexity index is 822. The van der Waals surface area contributed by atoms with E-state index in [-0.39, 0.29) is 17.6 Å². The van der Waals surface area contributed by atoms with Gasteiger partial charge < -0.3 is 5.32 Å². The smallest absolute Gasteiger partial charge is 0.325 e. The van der Waals surface area contributed by atoms with Crippen LogP contribution in [-0.2, 0) is 11.0 Å². The van der Waals surface area contributed by atoms with E-state index in [2.05, 4.69) is 21.5 Å². The summed E-state index contributed by atoms with van der Waals surface area (Å²) >= 11 is 0. The zero-order chi connectivity index (χ0) is 18.7. The molecule has 1 aliphatic rings. The van der Waals surface area contributed by atoms with Gasteiger partial charge in [-0.2, -0.15) is 13.2 Å². The van der Waals surface area contributed by atoms with Crippen LogP contribution >= 0.6 is 0 Å². The molecule has 1 aromatic heterocycles. The van der Waals surface area contributed by atoms with E-state index < -0.39 is 11.9 Å². The second-order valence-corrected chi connectivity index (χ2v) is 5.90. The summed E-state index contributed by atoms with van der Waals surface area (Å²) in [7, 11) is 0. The fourth-order valence-electron chi connectivity index (χ4n) is 2.96. The number of alkyl halides is 3. The van der Waals surface area contributed by atoms with E-state index in [1.165, 1.54) is 24.3 Å². The van der Waals surface area contributed by atoms with Gasteiger partial charge >= 0.3 is 6.18 Å². The summed E-state index contributed by atoms with van der Waals surface area (Å²) in [5, 5.41) is 9.56. The molecule has 2 heterocycles. The highest BCUT2D eigenvalue weighted by Gasteiger charge is 2.36. The van der Waals surface area contributed by atoms with E-state index in [9.17, 15) is 18.0 Å². The Morgan fingerprint density at radius 3 is 2.73 bits per heavy atom. The van der Waals surface area contributed by atoms with Gasteiger partial charge in [-0.3, -0.25) is 9.69 Å². The van der Waals surface area contributed by atoms with Crippen LogP contribution in [0.25, 0.3) is 5.69 Å². The minimum atomic E-state index is -4.56. The van der Waals surface area contributed by atoms with Gasteiger partial charge in [0.15, 0.2) is 5.69 Å². The highest BCUT2D eigenvalue weighted by Crippen LogP contribution is 2.30. The van der Waals surface area contributed by atoms with Crippen LogP contribution < -0.4 is 5.32 Å². The number of carbonyl (C=O) groups is 1. The molecule has 1 saturated heterocycles. The Kier molecular flexibility index (Phi) is 4.95. The van der Waals surface area contributed by atoms with Crippen LogP contribution in [0.2, 0.25) is 0 Å². The number of hydrogen-bond donors (Lipinski definition) is 1. The zero-order valence-corrected chi connectivity index (χ0v) is 13.7. The standard InChI is InChI=1S/C17H16F3N5O/c1-2-9-24-10-3-4-14(24)16(26)22-12-5-7-13(8-6-12)25-15(11-21-23-25)17(18,19)20/h1,5-8,11,14H,3-4,9-10H2,(H,22,26)/t14-/m0/s1. The molecule has 1 amide bonds. The van der Waals surface area contributed by atoms with Gasteiger partial charge in [-0.05, 0) is 43.7 Å². The average Bonchev–Trinajstić information content (AvgIpc) is 3.24. The Balaban J connectivity index is 1.72. The fourth-order valence-corrected chi connectivity index (χ4v) is 2.96. The maximum atomic E-state index is 12.9. The maximum Gasteiger partial charge on any atom is 0.435 e. The number of carbonyl (C=O) groups excluding carboxylic acids is 1. The number of amides is 1.